The van der Waals surface area contributed by atoms with Gasteiger partial charge in [-0.1, -0.05) is 0 Å². The van der Waals surface area contributed by atoms with E-state index in [0.29, 0.717) is 32.6 Å². The molecule has 1 aromatic rings. The molecule has 0 bridgehead atoms. The van der Waals surface area contributed by atoms with Crippen LogP contribution in [-0.4, -0.2) is 73.4 Å². The van der Waals surface area contributed by atoms with Gasteiger partial charge in [0.25, 0.3) is 0 Å². The first kappa shape index (κ1) is 21.2. The summed E-state index contributed by atoms with van der Waals surface area (Å²) in [6, 6.07) is 2.29. The van der Waals surface area contributed by atoms with E-state index in [1.807, 2.05) is 11.4 Å². The molecule has 1 unspecified atom stereocenters. The topological polar surface area (TPSA) is 86.8 Å². The van der Waals surface area contributed by atoms with Crippen LogP contribution < -0.4 is 15.5 Å². The van der Waals surface area contributed by atoms with Gasteiger partial charge >= 0.3 is 12.2 Å². The third kappa shape index (κ3) is 5.96. The lowest BCUT2D eigenvalue weighted by Gasteiger charge is -2.28. The van der Waals surface area contributed by atoms with Crippen molar-refractivity contribution in [1.82, 2.24) is 20.5 Å². The lowest BCUT2D eigenvalue weighted by Crippen LogP contribution is -2.50. The molecule has 2 saturated heterocycles. The number of carbonyl (C=O) groups is 2. The molecule has 0 spiro atoms. The number of alkyl halides is 3. The van der Waals surface area contributed by atoms with Gasteiger partial charge in [0.05, 0.1) is 13.2 Å². The number of morpholine rings is 1. The molecule has 0 saturated carbocycles. The van der Waals surface area contributed by atoms with Gasteiger partial charge in [0.15, 0.2) is 0 Å². The minimum absolute atomic E-state index is 0.228. The number of rotatable bonds is 5. The van der Waals surface area contributed by atoms with E-state index in [2.05, 4.69) is 15.2 Å². The Morgan fingerprint density at radius 3 is 2.69 bits per heavy atom. The van der Waals surface area contributed by atoms with E-state index >= 15 is 0 Å². The molecule has 2 aliphatic rings. The number of amides is 3. The number of nitrogens with one attached hydrogen (secondary N) is 2. The monoisotopic (exact) mass is 415 g/mol. The number of ether oxygens (including phenoxy) is 1. The summed E-state index contributed by atoms with van der Waals surface area (Å²) in [6.07, 6.45) is -1.92. The van der Waals surface area contributed by atoms with E-state index in [-0.39, 0.29) is 6.54 Å². The molecule has 3 heterocycles. The maximum absolute atomic E-state index is 12.5. The summed E-state index contributed by atoms with van der Waals surface area (Å²) in [6.45, 7) is 1.90. The minimum atomic E-state index is -4.49. The van der Waals surface area contributed by atoms with Crippen LogP contribution in [0.15, 0.2) is 18.3 Å². The van der Waals surface area contributed by atoms with Crippen molar-refractivity contribution >= 4 is 17.8 Å². The number of likely N-dealkylation sites (tertiary alicyclic amines) is 1. The summed E-state index contributed by atoms with van der Waals surface area (Å²) in [5, 5.41) is 4.60. The predicted octanol–water partition coefficient (Wildman–Crippen LogP) is 1.27. The van der Waals surface area contributed by atoms with Crippen LogP contribution in [0.4, 0.5) is 23.8 Å². The van der Waals surface area contributed by atoms with Crippen LogP contribution in [0.1, 0.15) is 18.4 Å². The Balaban J connectivity index is 1.54. The lowest BCUT2D eigenvalue weighted by atomic mass is 10.2. The number of aromatic nitrogens is 1. The number of hydrogen-bond acceptors (Lipinski definition) is 5. The molecule has 0 aliphatic carbocycles. The lowest BCUT2D eigenvalue weighted by molar-refractivity contribution is -0.140. The van der Waals surface area contributed by atoms with E-state index in [4.69, 9.17) is 4.74 Å². The van der Waals surface area contributed by atoms with E-state index in [1.54, 1.807) is 12.3 Å². The molecule has 0 radical (unpaired) electrons. The van der Waals surface area contributed by atoms with Crippen molar-refractivity contribution in [2.75, 3.05) is 44.3 Å². The molecule has 160 valence electrons. The van der Waals surface area contributed by atoms with Gasteiger partial charge in [-0.2, -0.15) is 13.2 Å². The first-order valence-electron chi connectivity index (χ1n) is 9.50. The van der Waals surface area contributed by atoms with Gasteiger partial charge in [-0.3, -0.25) is 4.79 Å². The van der Waals surface area contributed by atoms with Gasteiger partial charge in [-0.15, -0.1) is 0 Å². The fourth-order valence-corrected chi connectivity index (χ4v) is 3.40. The normalized spacial score (nSPS) is 19.9. The summed E-state index contributed by atoms with van der Waals surface area (Å²) < 4.78 is 42.3. The Bertz CT molecular complexity index is 725. The van der Waals surface area contributed by atoms with Gasteiger partial charge in [-0.25, -0.2) is 9.78 Å². The van der Waals surface area contributed by atoms with Crippen LogP contribution in [0.2, 0.25) is 0 Å². The summed E-state index contributed by atoms with van der Waals surface area (Å²) in [5.74, 6) is 0.0131. The molecular formula is C18H24F3N5O3. The molecule has 11 heteroatoms. The molecule has 8 nitrogen and oxygen atoms in total. The molecule has 29 heavy (non-hydrogen) atoms. The first-order valence-corrected chi connectivity index (χ1v) is 9.50. The van der Waals surface area contributed by atoms with Crippen LogP contribution >= 0.6 is 0 Å². The van der Waals surface area contributed by atoms with Gasteiger partial charge in [0.2, 0.25) is 5.91 Å². The molecule has 1 atom stereocenters. The Hall–Kier alpha value is -2.56. The SMILES string of the molecule is O=C(NCC(F)(F)F)C1CCCN1C(=O)NCc1ccnc(N2CCOCC2)c1. The Morgan fingerprint density at radius 1 is 1.21 bits per heavy atom. The van der Waals surface area contributed by atoms with Crippen LogP contribution in [0.3, 0.4) is 0 Å². The summed E-state index contributed by atoms with van der Waals surface area (Å²) >= 11 is 0. The maximum Gasteiger partial charge on any atom is 0.405 e. The van der Waals surface area contributed by atoms with E-state index in [9.17, 15) is 22.8 Å². The van der Waals surface area contributed by atoms with Crippen LogP contribution in [0.25, 0.3) is 0 Å². The highest BCUT2D eigenvalue weighted by Crippen LogP contribution is 2.19. The zero-order valence-corrected chi connectivity index (χ0v) is 15.9. The summed E-state index contributed by atoms with van der Waals surface area (Å²) in [4.78, 5) is 32.3. The van der Waals surface area contributed by atoms with Crippen molar-refractivity contribution in [2.45, 2.75) is 31.6 Å². The molecule has 2 aliphatic heterocycles. The Morgan fingerprint density at radius 2 is 1.97 bits per heavy atom. The Labute approximate surface area is 166 Å². The highest BCUT2D eigenvalue weighted by molar-refractivity contribution is 5.87. The summed E-state index contributed by atoms with van der Waals surface area (Å²) in [7, 11) is 0. The van der Waals surface area contributed by atoms with Crippen molar-refractivity contribution in [3.63, 3.8) is 0 Å². The number of pyridine rings is 1. The molecular weight excluding hydrogens is 391 g/mol. The zero-order valence-electron chi connectivity index (χ0n) is 15.9. The molecule has 2 fully saturated rings. The quantitative estimate of drug-likeness (QED) is 0.757. The van der Waals surface area contributed by atoms with E-state index in [1.165, 1.54) is 4.90 Å². The van der Waals surface area contributed by atoms with Crippen molar-refractivity contribution in [1.29, 1.82) is 0 Å². The third-order valence-electron chi connectivity index (χ3n) is 4.87. The smallest absolute Gasteiger partial charge is 0.378 e. The number of carbonyl (C=O) groups excluding carboxylic acids is 2. The van der Waals surface area contributed by atoms with Crippen molar-refractivity contribution < 1.29 is 27.5 Å². The van der Waals surface area contributed by atoms with Crippen LogP contribution in [-0.2, 0) is 16.1 Å². The summed E-state index contributed by atoms with van der Waals surface area (Å²) in [5.41, 5.74) is 0.840. The van der Waals surface area contributed by atoms with Gasteiger partial charge in [-0.05, 0) is 30.5 Å². The number of halogens is 3. The maximum atomic E-state index is 12.5. The van der Waals surface area contributed by atoms with E-state index < -0.39 is 30.7 Å². The third-order valence-corrected chi connectivity index (χ3v) is 4.87. The van der Waals surface area contributed by atoms with Crippen molar-refractivity contribution in [3.8, 4) is 0 Å². The molecule has 0 aromatic carbocycles. The Kier molecular flexibility index (Phi) is 6.78. The van der Waals surface area contributed by atoms with Gasteiger partial charge < -0.3 is 25.2 Å². The van der Waals surface area contributed by atoms with Gasteiger partial charge in [0, 0.05) is 32.4 Å². The highest BCUT2D eigenvalue weighted by atomic mass is 19.4. The minimum Gasteiger partial charge on any atom is -0.378 e. The average Bonchev–Trinajstić information content (AvgIpc) is 3.21. The largest absolute Gasteiger partial charge is 0.405 e. The standard InChI is InChI=1S/C18H24F3N5O3/c19-18(20,21)12-24-16(27)14-2-1-5-26(14)17(28)23-11-13-3-4-22-15(10-13)25-6-8-29-9-7-25/h3-4,10,14H,1-2,5-9,11-12H2,(H,23,28)(H,24,27). The average molecular weight is 415 g/mol. The van der Waals surface area contributed by atoms with Crippen molar-refractivity contribution in [2.24, 2.45) is 0 Å². The molecule has 1 aromatic heterocycles. The fraction of sp³-hybridized carbons (Fsp3) is 0.611. The molecule has 3 rings (SSSR count). The van der Waals surface area contributed by atoms with Crippen LogP contribution in [0, 0.1) is 0 Å². The van der Waals surface area contributed by atoms with Crippen molar-refractivity contribution in [3.05, 3.63) is 23.9 Å². The number of urea groups is 1. The second kappa shape index (κ2) is 9.29. The molecule has 2 N–H and O–H groups in total. The second-order valence-electron chi connectivity index (χ2n) is 6.96. The molecule has 3 amide bonds. The van der Waals surface area contributed by atoms with Gasteiger partial charge in [0.1, 0.15) is 18.4 Å². The second-order valence-corrected chi connectivity index (χ2v) is 6.96. The fourth-order valence-electron chi connectivity index (χ4n) is 3.40. The highest BCUT2D eigenvalue weighted by Gasteiger charge is 2.36. The van der Waals surface area contributed by atoms with Crippen LogP contribution in [0.5, 0.6) is 0 Å². The number of hydrogen-bond donors (Lipinski definition) is 2. The number of anilines is 1. The zero-order chi connectivity index (χ0) is 20.9. The first-order chi connectivity index (χ1) is 13.8. The number of nitrogens with zero attached hydrogens (tertiary/aromatic N) is 3. The van der Waals surface area contributed by atoms with E-state index in [0.717, 1.165) is 24.5 Å². The predicted molar refractivity (Wildman–Crippen MR) is 98.3 cm³/mol.